The molecular formula is C18H15F2N3O3. The maximum atomic E-state index is 13.5. The summed E-state index contributed by atoms with van der Waals surface area (Å²) in [6.45, 7) is 0.869. The van der Waals surface area contributed by atoms with Gasteiger partial charge in [-0.05, 0) is 36.8 Å². The molecule has 3 rings (SSSR count). The summed E-state index contributed by atoms with van der Waals surface area (Å²) in [5.74, 6) is -3.48. The molecule has 0 unspecified atom stereocenters. The Morgan fingerprint density at radius 1 is 1.12 bits per heavy atom. The topological polar surface area (TPSA) is 78.5 Å². The van der Waals surface area contributed by atoms with Gasteiger partial charge in [0.1, 0.15) is 12.1 Å². The van der Waals surface area contributed by atoms with Crippen LogP contribution in [0.4, 0.5) is 19.3 Å². The molecule has 2 N–H and O–H groups in total. The van der Waals surface area contributed by atoms with E-state index in [1.54, 1.807) is 30.3 Å². The number of imide groups is 1. The van der Waals surface area contributed by atoms with Crippen molar-refractivity contribution >= 4 is 23.5 Å². The summed E-state index contributed by atoms with van der Waals surface area (Å²) in [5, 5.41) is 5.00. The van der Waals surface area contributed by atoms with Crippen molar-refractivity contribution in [2.45, 2.75) is 12.5 Å². The van der Waals surface area contributed by atoms with Gasteiger partial charge in [0.15, 0.2) is 11.6 Å². The van der Waals surface area contributed by atoms with Gasteiger partial charge in [0.2, 0.25) is 5.91 Å². The molecule has 0 aromatic heterocycles. The SMILES string of the molecule is C[C@]1(c2ccc(F)c(F)c2)NC(=O)N(CC(=O)Nc2ccccc2)C1=O. The van der Waals surface area contributed by atoms with Gasteiger partial charge in [-0.3, -0.25) is 14.5 Å². The Balaban J connectivity index is 1.78. The van der Waals surface area contributed by atoms with E-state index < -0.39 is 41.6 Å². The lowest BCUT2D eigenvalue weighted by Gasteiger charge is -2.22. The van der Waals surface area contributed by atoms with Crippen molar-refractivity contribution in [3.63, 3.8) is 0 Å². The second kappa shape index (κ2) is 6.55. The van der Waals surface area contributed by atoms with E-state index in [-0.39, 0.29) is 5.56 Å². The number of carbonyl (C=O) groups excluding carboxylic acids is 3. The van der Waals surface area contributed by atoms with Crippen molar-refractivity contribution < 1.29 is 23.2 Å². The van der Waals surface area contributed by atoms with Gasteiger partial charge >= 0.3 is 6.03 Å². The van der Waals surface area contributed by atoms with Gasteiger partial charge in [-0.25, -0.2) is 13.6 Å². The number of urea groups is 1. The standard InChI is InChI=1S/C18H15F2N3O3/c1-18(11-7-8-13(19)14(20)9-11)16(25)23(17(26)22-18)10-15(24)21-12-5-3-2-4-6-12/h2-9H,10H2,1H3,(H,21,24)(H,22,26)/t18-/m1/s1. The van der Waals surface area contributed by atoms with Gasteiger partial charge in [-0.2, -0.15) is 0 Å². The third kappa shape index (κ3) is 3.13. The molecule has 134 valence electrons. The van der Waals surface area contributed by atoms with E-state index in [0.717, 1.165) is 17.0 Å². The largest absolute Gasteiger partial charge is 0.325 e. The van der Waals surface area contributed by atoms with E-state index in [0.29, 0.717) is 5.69 Å². The summed E-state index contributed by atoms with van der Waals surface area (Å²) in [6.07, 6.45) is 0. The zero-order valence-corrected chi connectivity index (χ0v) is 13.8. The number of para-hydroxylation sites is 1. The minimum Gasteiger partial charge on any atom is -0.325 e. The van der Waals surface area contributed by atoms with Crippen LogP contribution in [-0.4, -0.2) is 29.3 Å². The fourth-order valence-corrected chi connectivity index (χ4v) is 2.71. The Labute approximate surface area is 147 Å². The number of rotatable bonds is 4. The zero-order valence-electron chi connectivity index (χ0n) is 13.8. The Morgan fingerprint density at radius 3 is 2.46 bits per heavy atom. The third-order valence-electron chi connectivity index (χ3n) is 4.13. The van der Waals surface area contributed by atoms with E-state index >= 15 is 0 Å². The molecule has 8 heteroatoms. The average Bonchev–Trinajstić information content (AvgIpc) is 2.82. The summed E-state index contributed by atoms with van der Waals surface area (Å²) in [7, 11) is 0. The number of hydrogen-bond acceptors (Lipinski definition) is 3. The van der Waals surface area contributed by atoms with Crippen LogP contribution >= 0.6 is 0 Å². The molecule has 1 saturated heterocycles. The molecule has 1 fully saturated rings. The number of anilines is 1. The van der Waals surface area contributed by atoms with Crippen LogP contribution in [0.2, 0.25) is 0 Å². The van der Waals surface area contributed by atoms with E-state index in [9.17, 15) is 23.2 Å². The first-order chi connectivity index (χ1) is 12.3. The molecule has 0 saturated carbocycles. The van der Waals surface area contributed by atoms with Gasteiger partial charge < -0.3 is 10.6 Å². The zero-order chi connectivity index (χ0) is 18.9. The minimum absolute atomic E-state index is 0.0840. The highest BCUT2D eigenvalue weighted by atomic mass is 19.2. The van der Waals surface area contributed by atoms with E-state index in [4.69, 9.17) is 0 Å². The highest BCUT2D eigenvalue weighted by molar-refractivity contribution is 6.10. The molecule has 1 aliphatic rings. The Kier molecular flexibility index (Phi) is 4.41. The maximum absolute atomic E-state index is 13.5. The van der Waals surface area contributed by atoms with Crippen LogP contribution in [0.25, 0.3) is 0 Å². The summed E-state index contributed by atoms with van der Waals surface area (Å²) >= 11 is 0. The predicted octanol–water partition coefficient (Wildman–Crippen LogP) is 2.37. The Hall–Kier alpha value is -3.29. The molecule has 0 bridgehead atoms. The van der Waals surface area contributed by atoms with Crippen molar-refractivity contribution in [3.8, 4) is 0 Å². The van der Waals surface area contributed by atoms with Gasteiger partial charge in [-0.1, -0.05) is 24.3 Å². The van der Waals surface area contributed by atoms with Gasteiger partial charge in [0.05, 0.1) is 0 Å². The number of halogens is 2. The van der Waals surface area contributed by atoms with Gasteiger partial charge in [-0.15, -0.1) is 0 Å². The van der Waals surface area contributed by atoms with Crippen molar-refractivity contribution in [2.24, 2.45) is 0 Å². The molecule has 2 aromatic carbocycles. The van der Waals surface area contributed by atoms with Crippen LogP contribution in [0.5, 0.6) is 0 Å². The fourth-order valence-electron chi connectivity index (χ4n) is 2.71. The number of benzene rings is 2. The number of hydrogen-bond donors (Lipinski definition) is 2. The molecule has 4 amide bonds. The van der Waals surface area contributed by atoms with E-state index in [1.165, 1.54) is 13.0 Å². The van der Waals surface area contributed by atoms with Crippen LogP contribution in [0.1, 0.15) is 12.5 Å². The predicted molar refractivity (Wildman–Crippen MR) is 89.0 cm³/mol. The van der Waals surface area contributed by atoms with E-state index in [2.05, 4.69) is 10.6 Å². The second-order valence-corrected chi connectivity index (χ2v) is 5.99. The first-order valence-electron chi connectivity index (χ1n) is 7.76. The molecular weight excluding hydrogens is 344 g/mol. The first kappa shape index (κ1) is 17.5. The highest BCUT2D eigenvalue weighted by Crippen LogP contribution is 2.29. The molecule has 0 spiro atoms. The highest BCUT2D eigenvalue weighted by Gasteiger charge is 2.49. The van der Waals surface area contributed by atoms with Crippen LogP contribution in [-0.2, 0) is 15.1 Å². The Bertz CT molecular complexity index is 889. The monoisotopic (exact) mass is 359 g/mol. The smallest absolute Gasteiger partial charge is 0.325 e. The molecule has 1 heterocycles. The van der Waals surface area contributed by atoms with Crippen LogP contribution in [0, 0.1) is 11.6 Å². The fraction of sp³-hybridized carbons (Fsp3) is 0.167. The van der Waals surface area contributed by atoms with Crippen LogP contribution < -0.4 is 10.6 Å². The number of nitrogens with one attached hydrogen (secondary N) is 2. The average molecular weight is 359 g/mol. The van der Waals surface area contributed by atoms with Crippen LogP contribution in [0.15, 0.2) is 48.5 Å². The lowest BCUT2D eigenvalue weighted by atomic mass is 9.92. The summed E-state index contributed by atoms with van der Waals surface area (Å²) in [4.78, 5) is 37.7. The molecule has 0 radical (unpaired) electrons. The van der Waals surface area contributed by atoms with Crippen molar-refractivity contribution in [2.75, 3.05) is 11.9 Å². The lowest BCUT2D eigenvalue weighted by Crippen LogP contribution is -2.42. The maximum Gasteiger partial charge on any atom is 0.325 e. The van der Waals surface area contributed by atoms with Crippen LogP contribution in [0.3, 0.4) is 0 Å². The summed E-state index contributed by atoms with van der Waals surface area (Å²) < 4.78 is 26.6. The molecule has 1 atom stereocenters. The van der Waals surface area contributed by atoms with E-state index in [1.807, 2.05) is 0 Å². The summed E-state index contributed by atoms with van der Waals surface area (Å²) in [5.41, 5.74) is -0.979. The number of nitrogens with zero attached hydrogens (tertiary/aromatic N) is 1. The van der Waals surface area contributed by atoms with Crippen molar-refractivity contribution in [3.05, 3.63) is 65.7 Å². The lowest BCUT2D eigenvalue weighted by molar-refractivity contribution is -0.133. The molecule has 2 aromatic rings. The Morgan fingerprint density at radius 2 is 1.81 bits per heavy atom. The second-order valence-electron chi connectivity index (χ2n) is 5.99. The third-order valence-corrected chi connectivity index (χ3v) is 4.13. The molecule has 1 aliphatic heterocycles. The van der Waals surface area contributed by atoms with Gasteiger partial charge in [0.25, 0.3) is 5.91 Å². The summed E-state index contributed by atoms with van der Waals surface area (Å²) in [6, 6.07) is 10.7. The minimum atomic E-state index is -1.58. The number of amides is 4. The van der Waals surface area contributed by atoms with Crippen molar-refractivity contribution in [1.29, 1.82) is 0 Å². The quantitative estimate of drug-likeness (QED) is 0.823. The number of carbonyl (C=O) groups is 3. The van der Waals surface area contributed by atoms with Gasteiger partial charge in [0, 0.05) is 5.69 Å². The first-order valence-corrected chi connectivity index (χ1v) is 7.76. The normalized spacial score (nSPS) is 19.4. The molecule has 26 heavy (non-hydrogen) atoms. The van der Waals surface area contributed by atoms with Crippen molar-refractivity contribution in [1.82, 2.24) is 10.2 Å². The molecule has 0 aliphatic carbocycles. The molecule has 6 nitrogen and oxygen atoms in total.